The second kappa shape index (κ2) is 5.10. The maximum Gasteiger partial charge on any atom is 0.124 e. The number of hydrogen-bond acceptors (Lipinski definition) is 3. The van der Waals surface area contributed by atoms with Crippen molar-refractivity contribution in [3.05, 3.63) is 51.6 Å². The van der Waals surface area contributed by atoms with Gasteiger partial charge in [-0.1, -0.05) is 0 Å². The fraction of sp³-hybridized carbons (Fsp3) is 0. The highest BCUT2D eigenvalue weighted by molar-refractivity contribution is 14.1. The topological polar surface area (TPSA) is 48.7 Å². The third kappa shape index (κ3) is 2.71. The Hall–Kier alpha value is -1.68. The Morgan fingerprint density at radius 2 is 2.12 bits per heavy atom. The zero-order chi connectivity index (χ0) is 12.3. The summed E-state index contributed by atoms with van der Waals surface area (Å²) in [6.45, 7) is 0. The quantitative estimate of drug-likeness (QED) is 0.853. The molecular formula is C12H7FIN3. The van der Waals surface area contributed by atoms with Gasteiger partial charge >= 0.3 is 0 Å². The fourth-order valence-electron chi connectivity index (χ4n) is 1.33. The molecule has 0 aliphatic carbocycles. The number of rotatable bonds is 2. The molecule has 2 rings (SSSR count). The smallest absolute Gasteiger partial charge is 0.124 e. The molecule has 2 aromatic rings. The normalized spacial score (nSPS) is 9.71. The molecule has 0 fully saturated rings. The lowest BCUT2D eigenvalue weighted by molar-refractivity contribution is 0.627. The molecule has 1 aromatic heterocycles. The van der Waals surface area contributed by atoms with Crippen LogP contribution in [0.25, 0.3) is 0 Å². The molecule has 0 atom stereocenters. The van der Waals surface area contributed by atoms with E-state index in [0.717, 1.165) is 9.26 Å². The van der Waals surface area contributed by atoms with Crippen molar-refractivity contribution in [3.8, 4) is 6.07 Å². The number of nitrogens with zero attached hydrogens (tertiary/aromatic N) is 2. The van der Waals surface area contributed by atoms with E-state index in [9.17, 15) is 4.39 Å². The van der Waals surface area contributed by atoms with Gasteiger partial charge in [0.1, 0.15) is 11.9 Å². The van der Waals surface area contributed by atoms with Crippen molar-refractivity contribution in [2.75, 3.05) is 5.32 Å². The van der Waals surface area contributed by atoms with Crippen LogP contribution in [-0.4, -0.2) is 4.98 Å². The number of aromatic nitrogens is 1. The lowest BCUT2D eigenvalue weighted by Gasteiger charge is -2.09. The molecule has 1 heterocycles. The summed E-state index contributed by atoms with van der Waals surface area (Å²) in [4.78, 5) is 3.95. The summed E-state index contributed by atoms with van der Waals surface area (Å²) >= 11 is 2.03. The predicted molar refractivity (Wildman–Crippen MR) is 71.4 cm³/mol. The molecule has 0 radical (unpaired) electrons. The molecule has 0 aliphatic rings. The first-order valence-electron chi connectivity index (χ1n) is 4.77. The largest absolute Gasteiger partial charge is 0.352 e. The van der Waals surface area contributed by atoms with Crippen LogP contribution in [0.15, 0.2) is 36.7 Å². The Balaban J connectivity index is 2.35. The van der Waals surface area contributed by atoms with E-state index in [2.05, 4.69) is 16.4 Å². The Labute approximate surface area is 111 Å². The van der Waals surface area contributed by atoms with Crippen LogP contribution in [-0.2, 0) is 0 Å². The summed E-state index contributed by atoms with van der Waals surface area (Å²) in [5.41, 5.74) is 1.86. The fourth-order valence-corrected chi connectivity index (χ4v) is 1.94. The standard InChI is InChI=1S/C12H7FIN3/c13-9-1-2-11(10(14)5-9)17-12-7-16-4-3-8(12)6-15/h1-5,7,17H. The van der Waals surface area contributed by atoms with Gasteiger partial charge in [-0.3, -0.25) is 4.98 Å². The van der Waals surface area contributed by atoms with Gasteiger partial charge < -0.3 is 5.32 Å². The Morgan fingerprint density at radius 1 is 1.29 bits per heavy atom. The molecule has 5 heteroatoms. The molecule has 17 heavy (non-hydrogen) atoms. The zero-order valence-electron chi connectivity index (χ0n) is 8.61. The second-order valence-corrected chi connectivity index (χ2v) is 4.44. The zero-order valence-corrected chi connectivity index (χ0v) is 10.8. The first-order valence-corrected chi connectivity index (χ1v) is 5.85. The highest BCUT2D eigenvalue weighted by Gasteiger charge is 2.05. The number of hydrogen-bond donors (Lipinski definition) is 1. The van der Waals surface area contributed by atoms with E-state index in [-0.39, 0.29) is 5.82 Å². The Kier molecular flexibility index (Phi) is 3.54. The summed E-state index contributed by atoms with van der Waals surface area (Å²) in [5, 5.41) is 12.0. The van der Waals surface area contributed by atoms with Gasteiger partial charge in [-0.05, 0) is 46.9 Å². The molecule has 84 valence electrons. The number of anilines is 2. The van der Waals surface area contributed by atoms with E-state index in [1.165, 1.54) is 12.1 Å². The van der Waals surface area contributed by atoms with Gasteiger partial charge in [0.05, 0.1) is 23.1 Å². The molecule has 0 unspecified atom stereocenters. The summed E-state index contributed by atoms with van der Waals surface area (Å²) in [6, 6.07) is 8.11. The van der Waals surface area contributed by atoms with E-state index in [4.69, 9.17) is 5.26 Å². The molecule has 0 saturated carbocycles. The number of pyridine rings is 1. The third-order valence-electron chi connectivity index (χ3n) is 2.14. The van der Waals surface area contributed by atoms with Crippen molar-refractivity contribution in [3.63, 3.8) is 0 Å². The first-order chi connectivity index (χ1) is 8.20. The van der Waals surface area contributed by atoms with E-state index in [1.54, 1.807) is 24.5 Å². The van der Waals surface area contributed by atoms with Gasteiger partial charge in [-0.2, -0.15) is 5.26 Å². The number of halogens is 2. The van der Waals surface area contributed by atoms with Crippen LogP contribution in [0.2, 0.25) is 0 Å². The van der Waals surface area contributed by atoms with Gasteiger partial charge in [0.15, 0.2) is 0 Å². The monoisotopic (exact) mass is 339 g/mol. The molecular weight excluding hydrogens is 332 g/mol. The van der Waals surface area contributed by atoms with Crippen LogP contribution >= 0.6 is 22.6 Å². The van der Waals surface area contributed by atoms with Crippen molar-refractivity contribution >= 4 is 34.0 Å². The van der Waals surface area contributed by atoms with Gasteiger partial charge in [0.25, 0.3) is 0 Å². The van der Waals surface area contributed by atoms with Crippen LogP contribution in [0, 0.1) is 20.7 Å². The molecule has 0 amide bonds. The maximum atomic E-state index is 12.9. The minimum Gasteiger partial charge on any atom is -0.352 e. The van der Waals surface area contributed by atoms with E-state index in [1.807, 2.05) is 22.6 Å². The van der Waals surface area contributed by atoms with Crippen LogP contribution in [0.3, 0.4) is 0 Å². The third-order valence-corrected chi connectivity index (χ3v) is 3.03. The van der Waals surface area contributed by atoms with Crippen molar-refractivity contribution in [1.29, 1.82) is 5.26 Å². The Morgan fingerprint density at radius 3 is 2.82 bits per heavy atom. The average Bonchev–Trinajstić information content (AvgIpc) is 2.33. The molecule has 1 aromatic carbocycles. The highest BCUT2D eigenvalue weighted by atomic mass is 127. The minimum absolute atomic E-state index is 0.286. The van der Waals surface area contributed by atoms with Gasteiger partial charge in [-0.25, -0.2) is 4.39 Å². The van der Waals surface area contributed by atoms with Gasteiger partial charge in [-0.15, -0.1) is 0 Å². The van der Waals surface area contributed by atoms with Crippen LogP contribution < -0.4 is 5.32 Å². The van der Waals surface area contributed by atoms with E-state index < -0.39 is 0 Å². The van der Waals surface area contributed by atoms with Crippen molar-refractivity contribution < 1.29 is 4.39 Å². The van der Waals surface area contributed by atoms with Crippen LogP contribution in [0.1, 0.15) is 5.56 Å². The molecule has 1 N–H and O–H groups in total. The molecule has 3 nitrogen and oxygen atoms in total. The second-order valence-electron chi connectivity index (χ2n) is 3.28. The van der Waals surface area contributed by atoms with Crippen molar-refractivity contribution in [2.45, 2.75) is 0 Å². The number of benzene rings is 1. The molecule has 0 bridgehead atoms. The highest BCUT2D eigenvalue weighted by Crippen LogP contribution is 2.24. The SMILES string of the molecule is N#Cc1ccncc1Nc1ccc(F)cc1I. The maximum absolute atomic E-state index is 12.9. The minimum atomic E-state index is -0.286. The van der Waals surface area contributed by atoms with E-state index >= 15 is 0 Å². The summed E-state index contributed by atoms with van der Waals surface area (Å²) < 4.78 is 13.7. The van der Waals surface area contributed by atoms with Gasteiger partial charge in [0.2, 0.25) is 0 Å². The molecule has 0 aliphatic heterocycles. The molecule has 0 spiro atoms. The summed E-state index contributed by atoms with van der Waals surface area (Å²) in [5.74, 6) is -0.286. The predicted octanol–water partition coefficient (Wildman–Crippen LogP) is 3.44. The van der Waals surface area contributed by atoms with Crippen LogP contribution in [0.5, 0.6) is 0 Å². The van der Waals surface area contributed by atoms with Crippen molar-refractivity contribution in [1.82, 2.24) is 4.98 Å². The summed E-state index contributed by atoms with van der Waals surface area (Å²) in [6.07, 6.45) is 3.12. The van der Waals surface area contributed by atoms with Crippen LogP contribution in [0.4, 0.5) is 15.8 Å². The average molecular weight is 339 g/mol. The van der Waals surface area contributed by atoms with E-state index in [0.29, 0.717) is 11.3 Å². The Bertz CT molecular complexity index is 593. The summed E-state index contributed by atoms with van der Waals surface area (Å²) in [7, 11) is 0. The number of nitrogens with one attached hydrogen (secondary N) is 1. The lowest BCUT2D eigenvalue weighted by Crippen LogP contribution is -1.96. The first kappa shape index (κ1) is 11.8. The van der Waals surface area contributed by atoms with Gasteiger partial charge in [0, 0.05) is 9.77 Å². The molecule has 0 saturated heterocycles. The number of nitriles is 1. The van der Waals surface area contributed by atoms with Crippen molar-refractivity contribution in [2.24, 2.45) is 0 Å². The lowest BCUT2D eigenvalue weighted by atomic mass is 10.2.